The van der Waals surface area contributed by atoms with Gasteiger partial charge in [0.05, 0.1) is 6.61 Å². The summed E-state index contributed by atoms with van der Waals surface area (Å²) >= 11 is 0. The molecule has 0 saturated carbocycles. The zero-order valence-electron chi connectivity index (χ0n) is 9.36. The van der Waals surface area contributed by atoms with Gasteiger partial charge in [-0.15, -0.1) is 11.8 Å². The molecule has 1 heterocycles. The SMILES string of the molecule is CC#CCC(NN)C1COc2ccccc21. The number of nitrogens with one attached hydrogen (secondary N) is 1. The van der Waals surface area contributed by atoms with Crippen LogP contribution in [0.15, 0.2) is 24.3 Å². The first-order chi connectivity index (χ1) is 7.86. The fourth-order valence-electron chi connectivity index (χ4n) is 2.05. The quantitative estimate of drug-likeness (QED) is 0.456. The van der Waals surface area contributed by atoms with E-state index in [0.717, 1.165) is 12.2 Å². The molecule has 1 aromatic rings. The van der Waals surface area contributed by atoms with Gasteiger partial charge in [0.2, 0.25) is 0 Å². The fraction of sp³-hybridized carbons (Fsp3) is 0.385. The second-order valence-corrected chi connectivity index (χ2v) is 3.86. The van der Waals surface area contributed by atoms with Crippen LogP contribution in [-0.4, -0.2) is 12.6 Å². The molecular formula is C13H16N2O. The molecule has 0 amide bonds. The van der Waals surface area contributed by atoms with Gasteiger partial charge in [0.1, 0.15) is 5.75 Å². The number of hydrogen-bond acceptors (Lipinski definition) is 3. The molecule has 3 nitrogen and oxygen atoms in total. The molecule has 0 bridgehead atoms. The Morgan fingerprint density at radius 3 is 3.12 bits per heavy atom. The number of ether oxygens (including phenoxy) is 1. The van der Waals surface area contributed by atoms with E-state index in [0.29, 0.717) is 12.5 Å². The summed E-state index contributed by atoms with van der Waals surface area (Å²) in [5.74, 6) is 12.8. The summed E-state index contributed by atoms with van der Waals surface area (Å²) in [6, 6.07) is 8.25. The lowest BCUT2D eigenvalue weighted by Gasteiger charge is -2.19. The van der Waals surface area contributed by atoms with Crippen LogP contribution in [0.3, 0.4) is 0 Å². The summed E-state index contributed by atoms with van der Waals surface area (Å²) in [6.45, 7) is 2.52. The molecule has 0 fully saturated rings. The van der Waals surface area contributed by atoms with Gasteiger partial charge in [0.15, 0.2) is 0 Å². The second kappa shape index (κ2) is 5.02. The molecule has 0 aliphatic carbocycles. The van der Waals surface area contributed by atoms with Crippen LogP contribution in [0, 0.1) is 11.8 Å². The minimum absolute atomic E-state index is 0.149. The van der Waals surface area contributed by atoms with Crippen molar-refractivity contribution in [1.29, 1.82) is 0 Å². The summed E-state index contributed by atoms with van der Waals surface area (Å²) in [5, 5.41) is 0. The van der Waals surface area contributed by atoms with Crippen LogP contribution in [0.25, 0.3) is 0 Å². The van der Waals surface area contributed by atoms with E-state index in [1.54, 1.807) is 0 Å². The monoisotopic (exact) mass is 216 g/mol. The molecule has 2 atom stereocenters. The molecule has 0 aromatic heterocycles. The van der Waals surface area contributed by atoms with Gasteiger partial charge in [-0.05, 0) is 13.0 Å². The van der Waals surface area contributed by atoms with Crippen molar-refractivity contribution < 1.29 is 4.74 Å². The van der Waals surface area contributed by atoms with Gasteiger partial charge in [-0.25, -0.2) is 0 Å². The largest absolute Gasteiger partial charge is 0.493 e. The van der Waals surface area contributed by atoms with Crippen molar-refractivity contribution in [2.45, 2.75) is 25.3 Å². The van der Waals surface area contributed by atoms with Gasteiger partial charge in [0, 0.05) is 23.9 Å². The third-order valence-electron chi connectivity index (χ3n) is 2.94. The third kappa shape index (κ3) is 2.04. The average molecular weight is 216 g/mol. The molecule has 0 spiro atoms. The van der Waals surface area contributed by atoms with E-state index >= 15 is 0 Å². The van der Waals surface area contributed by atoms with E-state index in [4.69, 9.17) is 10.6 Å². The van der Waals surface area contributed by atoms with E-state index in [9.17, 15) is 0 Å². The maximum Gasteiger partial charge on any atom is 0.122 e. The van der Waals surface area contributed by atoms with E-state index in [-0.39, 0.29) is 6.04 Å². The number of benzene rings is 1. The summed E-state index contributed by atoms with van der Waals surface area (Å²) in [6.07, 6.45) is 0.745. The maximum absolute atomic E-state index is 5.63. The van der Waals surface area contributed by atoms with Gasteiger partial charge < -0.3 is 4.74 Å². The van der Waals surface area contributed by atoms with Gasteiger partial charge in [-0.2, -0.15) is 0 Å². The first kappa shape index (κ1) is 11.0. The van der Waals surface area contributed by atoms with Crippen molar-refractivity contribution in [2.24, 2.45) is 5.84 Å². The van der Waals surface area contributed by atoms with Crippen molar-refractivity contribution in [1.82, 2.24) is 5.43 Å². The Bertz CT molecular complexity index is 419. The lowest BCUT2D eigenvalue weighted by molar-refractivity contribution is 0.300. The number of fused-ring (bicyclic) bond motifs is 1. The van der Waals surface area contributed by atoms with Crippen LogP contribution in [-0.2, 0) is 0 Å². The summed E-state index contributed by atoms with van der Waals surface area (Å²) in [4.78, 5) is 0. The second-order valence-electron chi connectivity index (χ2n) is 3.86. The zero-order chi connectivity index (χ0) is 11.4. The number of para-hydroxylation sites is 1. The maximum atomic E-state index is 5.63. The molecule has 84 valence electrons. The molecular weight excluding hydrogens is 200 g/mol. The third-order valence-corrected chi connectivity index (χ3v) is 2.94. The molecule has 1 aliphatic heterocycles. The van der Waals surface area contributed by atoms with Crippen LogP contribution in [0.1, 0.15) is 24.8 Å². The lowest BCUT2D eigenvalue weighted by atomic mass is 9.92. The number of hydrazine groups is 1. The zero-order valence-corrected chi connectivity index (χ0v) is 9.36. The molecule has 2 rings (SSSR count). The molecule has 3 N–H and O–H groups in total. The highest BCUT2D eigenvalue weighted by Crippen LogP contribution is 2.35. The minimum Gasteiger partial charge on any atom is -0.493 e. The Kier molecular flexibility index (Phi) is 3.45. The van der Waals surface area contributed by atoms with Crippen molar-refractivity contribution in [2.75, 3.05) is 6.61 Å². The first-order valence-electron chi connectivity index (χ1n) is 5.44. The Labute approximate surface area is 96.0 Å². The van der Waals surface area contributed by atoms with Crippen LogP contribution in [0.4, 0.5) is 0 Å². The van der Waals surface area contributed by atoms with E-state index in [1.807, 2.05) is 25.1 Å². The Morgan fingerprint density at radius 1 is 1.56 bits per heavy atom. The van der Waals surface area contributed by atoms with Gasteiger partial charge in [-0.1, -0.05) is 18.2 Å². The van der Waals surface area contributed by atoms with Crippen LogP contribution < -0.4 is 16.0 Å². The Balaban J connectivity index is 2.18. The first-order valence-corrected chi connectivity index (χ1v) is 5.44. The highest BCUT2D eigenvalue weighted by atomic mass is 16.5. The molecule has 2 unspecified atom stereocenters. The van der Waals surface area contributed by atoms with Crippen LogP contribution >= 0.6 is 0 Å². The summed E-state index contributed by atoms with van der Waals surface area (Å²) in [5.41, 5.74) is 4.06. The van der Waals surface area contributed by atoms with E-state index in [1.165, 1.54) is 5.56 Å². The van der Waals surface area contributed by atoms with Crippen molar-refractivity contribution >= 4 is 0 Å². The van der Waals surface area contributed by atoms with Gasteiger partial charge in [0.25, 0.3) is 0 Å². The predicted octanol–water partition coefficient (Wildman–Crippen LogP) is 1.41. The number of nitrogens with two attached hydrogens (primary N) is 1. The Hall–Kier alpha value is -1.50. The van der Waals surface area contributed by atoms with Gasteiger partial charge in [-0.3, -0.25) is 11.3 Å². The standard InChI is InChI=1S/C13H16N2O/c1-2-3-7-12(15-14)11-9-16-13-8-5-4-6-10(11)13/h4-6,8,11-12,15H,7,9,14H2,1H3. The molecule has 3 heteroatoms. The van der Waals surface area contributed by atoms with Crippen LogP contribution in [0.5, 0.6) is 5.75 Å². The van der Waals surface area contributed by atoms with E-state index < -0.39 is 0 Å². The number of rotatable bonds is 3. The number of hydrogen-bond donors (Lipinski definition) is 2. The topological polar surface area (TPSA) is 47.3 Å². The lowest BCUT2D eigenvalue weighted by Crippen LogP contribution is -2.40. The van der Waals surface area contributed by atoms with Crippen molar-refractivity contribution in [3.63, 3.8) is 0 Å². The summed E-state index contributed by atoms with van der Waals surface area (Å²) in [7, 11) is 0. The molecule has 0 saturated heterocycles. The molecule has 16 heavy (non-hydrogen) atoms. The molecule has 0 radical (unpaired) electrons. The molecule has 1 aromatic carbocycles. The fourth-order valence-corrected chi connectivity index (χ4v) is 2.05. The van der Waals surface area contributed by atoms with Crippen LogP contribution in [0.2, 0.25) is 0 Å². The van der Waals surface area contributed by atoms with Crippen molar-refractivity contribution in [3.8, 4) is 17.6 Å². The minimum atomic E-state index is 0.149. The highest BCUT2D eigenvalue weighted by Gasteiger charge is 2.29. The molecule has 1 aliphatic rings. The normalized spacial score (nSPS) is 19.2. The average Bonchev–Trinajstić information content (AvgIpc) is 2.75. The predicted molar refractivity (Wildman–Crippen MR) is 63.9 cm³/mol. The smallest absolute Gasteiger partial charge is 0.122 e. The highest BCUT2D eigenvalue weighted by molar-refractivity contribution is 5.40. The Morgan fingerprint density at radius 2 is 2.38 bits per heavy atom. The summed E-state index contributed by atoms with van der Waals surface area (Å²) < 4.78 is 5.63. The van der Waals surface area contributed by atoms with Crippen molar-refractivity contribution in [3.05, 3.63) is 29.8 Å². The van der Waals surface area contributed by atoms with Gasteiger partial charge >= 0.3 is 0 Å². The van der Waals surface area contributed by atoms with E-state index in [2.05, 4.69) is 23.3 Å².